The number of nitrogens with zero attached hydrogens (tertiary/aromatic N) is 4. The first kappa shape index (κ1) is 20.6. The lowest BCUT2D eigenvalue weighted by Crippen LogP contribution is -2.59. The first-order valence-corrected chi connectivity index (χ1v) is 11.3. The molecule has 0 saturated heterocycles. The molecule has 0 bridgehead atoms. The number of ether oxygens (including phenoxy) is 1. The van der Waals surface area contributed by atoms with Crippen LogP contribution >= 0.6 is 27.7 Å². The number of halogens is 1. The second-order valence-electron chi connectivity index (χ2n) is 6.59. The number of amides is 1. The molecule has 0 radical (unpaired) electrons. The van der Waals surface area contributed by atoms with Crippen molar-refractivity contribution in [1.82, 2.24) is 10.1 Å². The molecular formula is C21H19BrN4O3S. The molecule has 1 amide bonds. The number of carbonyl (C=O) groups excluding carboxylic acids is 1. The quantitative estimate of drug-likeness (QED) is 0.415. The maximum Gasteiger partial charge on any atom is 0.296 e. The number of carbonyl (C=O) groups is 1. The molecule has 0 fully saturated rings. The molecule has 2 aromatic carbocycles. The van der Waals surface area contributed by atoms with Crippen molar-refractivity contribution in [2.45, 2.75) is 24.7 Å². The smallest absolute Gasteiger partial charge is 0.296 e. The average Bonchev–Trinajstić information content (AvgIpc) is 2.77. The number of anilines is 1. The number of para-hydroxylation sites is 1. The lowest BCUT2D eigenvalue weighted by Gasteiger charge is -2.33. The van der Waals surface area contributed by atoms with Gasteiger partial charge in [0.25, 0.3) is 17.0 Å². The first-order chi connectivity index (χ1) is 14.5. The Kier molecular flexibility index (Phi) is 5.66. The Labute approximate surface area is 186 Å². The van der Waals surface area contributed by atoms with Crippen molar-refractivity contribution in [3.8, 4) is 22.9 Å². The Morgan fingerprint density at radius 3 is 2.80 bits per heavy atom. The molecule has 9 heteroatoms. The predicted octanol–water partition coefficient (Wildman–Crippen LogP) is 3.30. The van der Waals surface area contributed by atoms with Gasteiger partial charge in [-0.2, -0.15) is 0 Å². The van der Waals surface area contributed by atoms with E-state index >= 15 is 0 Å². The highest BCUT2D eigenvalue weighted by molar-refractivity contribution is 9.10. The van der Waals surface area contributed by atoms with Crippen LogP contribution in [-0.4, -0.2) is 29.4 Å². The third kappa shape index (κ3) is 3.31. The van der Waals surface area contributed by atoms with E-state index in [0.29, 0.717) is 39.8 Å². The lowest BCUT2D eigenvalue weighted by atomic mass is 10.0. The molecule has 1 atom stereocenters. The van der Waals surface area contributed by atoms with Gasteiger partial charge < -0.3 is 9.84 Å². The van der Waals surface area contributed by atoms with Crippen molar-refractivity contribution in [3.05, 3.63) is 52.5 Å². The van der Waals surface area contributed by atoms with E-state index in [-0.39, 0.29) is 11.8 Å². The van der Waals surface area contributed by atoms with Gasteiger partial charge in [0.15, 0.2) is 0 Å². The standard InChI is InChI=1S/C21H19BrN4O3S/c1-4-17(27)25-15-8-6-5-7-13(15)18-19(28)23-21(30-3)24-26(18)20(25)14-11-12(22)9-10-16(14)29-2/h5-11,20H,4H2,1-3H3. The summed E-state index contributed by atoms with van der Waals surface area (Å²) in [6, 6.07) is 12.9. The summed E-state index contributed by atoms with van der Waals surface area (Å²) in [5.74, 6) is 0.112. The fourth-order valence-corrected chi connectivity index (χ4v) is 4.37. The van der Waals surface area contributed by atoms with E-state index in [9.17, 15) is 9.90 Å². The van der Waals surface area contributed by atoms with Crippen LogP contribution in [0, 0.1) is 0 Å². The van der Waals surface area contributed by atoms with Crippen molar-refractivity contribution < 1.29 is 19.3 Å². The normalized spacial score (nSPS) is 14.8. The topological polar surface area (TPSA) is 82.3 Å². The minimum absolute atomic E-state index is 0.0932. The fraction of sp³-hybridized carbons (Fsp3) is 0.238. The zero-order valence-corrected chi connectivity index (χ0v) is 19.0. The summed E-state index contributed by atoms with van der Waals surface area (Å²) >= 11 is 4.79. The highest BCUT2D eigenvalue weighted by Crippen LogP contribution is 2.43. The van der Waals surface area contributed by atoms with E-state index in [1.807, 2.05) is 55.6 Å². The summed E-state index contributed by atoms with van der Waals surface area (Å²) in [6.07, 6.45) is 1.40. The Hall–Kier alpha value is -2.65. The number of hydrogen-bond donors (Lipinski definition) is 0. The minimum Gasteiger partial charge on any atom is -0.854 e. The van der Waals surface area contributed by atoms with Crippen LogP contribution in [-0.2, 0) is 4.79 Å². The van der Waals surface area contributed by atoms with Crippen LogP contribution in [0.15, 0.2) is 52.1 Å². The Morgan fingerprint density at radius 1 is 1.33 bits per heavy atom. The highest BCUT2D eigenvalue weighted by Gasteiger charge is 2.45. The van der Waals surface area contributed by atoms with Gasteiger partial charge in [-0.25, -0.2) is 9.88 Å². The molecule has 0 saturated carbocycles. The van der Waals surface area contributed by atoms with Gasteiger partial charge in [0, 0.05) is 16.0 Å². The zero-order chi connectivity index (χ0) is 21.4. The number of fused-ring (bicyclic) bond motifs is 3. The molecule has 0 N–H and O–H groups in total. The second-order valence-corrected chi connectivity index (χ2v) is 8.28. The second kappa shape index (κ2) is 8.23. The Bertz CT molecular complexity index is 1140. The molecule has 0 aliphatic carbocycles. The number of aromatic nitrogens is 3. The molecule has 3 aromatic rings. The number of rotatable bonds is 4. The van der Waals surface area contributed by atoms with Gasteiger partial charge in [-0.15, -0.1) is 0 Å². The SMILES string of the molecule is CCC(=O)N1c2ccccc2-c2c([O-])nc(SC)n[n+]2C1c1cc(Br)ccc1OC. The number of hydrogen-bond acceptors (Lipinski definition) is 6. The van der Waals surface area contributed by atoms with E-state index in [1.54, 1.807) is 16.7 Å². The van der Waals surface area contributed by atoms with Crippen molar-refractivity contribution in [2.75, 3.05) is 18.3 Å². The van der Waals surface area contributed by atoms with E-state index in [1.165, 1.54) is 11.8 Å². The van der Waals surface area contributed by atoms with Crippen LogP contribution in [0.25, 0.3) is 11.3 Å². The van der Waals surface area contributed by atoms with Gasteiger partial charge in [0.2, 0.25) is 5.91 Å². The summed E-state index contributed by atoms with van der Waals surface area (Å²) in [5.41, 5.74) is 2.33. The van der Waals surface area contributed by atoms with Crippen molar-refractivity contribution in [2.24, 2.45) is 0 Å². The molecule has 154 valence electrons. The van der Waals surface area contributed by atoms with Crippen LogP contribution < -0.4 is 19.4 Å². The molecule has 1 aliphatic heterocycles. The van der Waals surface area contributed by atoms with Crippen LogP contribution in [0.1, 0.15) is 25.1 Å². The predicted molar refractivity (Wildman–Crippen MR) is 116 cm³/mol. The van der Waals surface area contributed by atoms with Crippen LogP contribution in [0.2, 0.25) is 0 Å². The molecule has 0 spiro atoms. The van der Waals surface area contributed by atoms with E-state index in [0.717, 1.165) is 4.47 Å². The number of methoxy groups -OCH3 is 1. The minimum atomic E-state index is -0.698. The summed E-state index contributed by atoms with van der Waals surface area (Å²) in [5, 5.41) is 18.0. The van der Waals surface area contributed by atoms with Crippen LogP contribution in [0.5, 0.6) is 11.6 Å². The largest absolute Gasteiger partial charge is 0.854 e. The molecule has 1 unspecified atom stereocenters. The van der Waals surface area contributed by atoms with Crippen molar-refractivity contribution in [1.29, 1.82) is 0 Å². The molecule has 1 aromatic heterocycles. The van der Waals surface area contributed by atoms with E-state index in [4.69, 9.17) is 4.74 Å². The van der Waals surface area contributed by atoms with E-state index < -0.39 is 6.17 Å². The van der Waals surface area contributed by atoms with Gasteiger partial charge in [-0.3, -0.25) is 4.79 Å². The Balaban J connectivity index is 2.11. The van der Waals surface area contributed by atoms with Gasteiger partial charge in [-0.1, -0.05) is 51.4 Å². The fourth-order valence-electron chi connectivity index (χ4n) is 3.65. The summed E-state index contributed by atoms with van der Waals surface area (Å²) < 4.78 is 8.03. The van der Waals surface area contributed by atoms with Crippen LogP contribution in [0.4, 0.5) is 5.69 Å². The van der Waals surface area contributed by atoms with Crippen LogP contribution in [0.3, 0.4) is 0 Å². The average molecular weight is 487 g/mol. The molecule has 30 heavy (non-hydrogen) atoms. The third-order valence-electron chi connectivity index (χ3n) is 4.94. The summed E-state index contributed by atoms with van der Waals surface area (Å²) in [6.45, 7) is 1.81. The van der Waals surface area contributed by atoms with Gasteiger partial charge in [0.05, 0.1) is 29.8 Å². The molecule has 7 nitrogen and oxygen atoms in total. The molecule has 4 rings (SSSR count). The summed E-state index contributed by atoms with van der Waals surface area (Å²) in [7, 11) is 1.58. The highest BCUT2D eigenvalue weighted by atomic mass is 79.9. The van der Waals surface area contributed by atoms with Gasteiger partial charge in [0.1, 0.15) is 5.75 Å². The van der Waals surface area contributed by atoms with Crippen molar-refractivity contribution >= 4 is 39.3 Å². The summed E-state index contributed by atoms with van der Waals surface area (Å²) in [4.78, 5) is 19.0. The lowest BCUT2D eigenvalue weighted by molar-refractivity contribution is -0.764. The van der Waals surface area contributed by atoms with Gasteiger partial charge in [-0.05, 0) is 36.6 Å². The van der Waals surface area contributed by atoms with E-state index in [2.05, 4.69) is 26.0 Å². The third-order valence-corrected chi connectivity index (χ3v) is 5.97. The molecule has 1 aliphatic rings. The maximum absolute atomic E-state index is 13.2. The number of benzene rings is 2. The molecule has 2 heterocycles. The first-order valence-electron chi connectivity index (χ1n) is 9.29. The van der Waals surface area contributed by atoms with Crippen molar-refractivity contribution in [3.63, 3.8) is 0 Å². The monoisotopic (exact) mass is 486 g/mol. The Morgan fingerprint density at radius 2 is 2.10 bits per heavy atom. The maximum atomic E-state index is 13.2. The van der Waals surface area contributed by atoms with Gasteiger partial charge >= 0.3 is 0 Å². The molecular weight excluding hydrogens is 468 g/mol. The number of thioether (sulfide) groups is 1. The zero-order valence-electron chi connectivity index (χ0n) is 16.6.